The number of unbranched alkanes of at least 4 members (excludes halogenated alkanes) is 2. The molecule has 0 bridgehead atoms. The third-order valence-corrected chi connectivity index (χ3v) is 6.61. The Morgan fingerprint density at radius 1 is 1.33 bits per heavy atom. The molecule has 0 amide bonds. The van der Waals surface area contributed by atoms with Crippen LogP contribution >= 0.6 is 12.2 Å². The van der Waals surface area contributed by atoms with Gasteiger partial charge >= 0.3 is 155 Å². The van der Waals surface area contributed by atoms with Crippen molar-refractivity contribution >= 4 is 48.5 Å². The van der Waals surface area contributed by atoms with Gasteiger partial charge in [0, 0.05) is 0 Å². The standard InChI is InChI=1S/C19H23NO2SSe/c1-4-19(21)22-10-6-5-7-11-24-17-13-18(23)20(3)16-12-14(2)8-9-15(16)17/h4,8-9,12-13H,1,5-7,10-11H2,2-3H3. The Morgan fingerprint density at radius 3 is 2.88 bits per heavy atom. The van der Waals surface area contributed by atoms with Crippen molar-refractivity contribution in [2.45, 2.75) is 31.5 Å². The zero-order valence-corrected chi connectivity index (χ0v) is 16.7. The first kappa shape index (κ1) is 18.9. The number of aromatic nitrogens is 1. The quantitative estimate of drug-likeness (QED) is 0.219. The topological polar surface area (TPSA) is 31.2 Å². The SMILES string of the molecule is C=CC(=O)OCCCCC[Se]c1cc(=S)n(C)c2cc(C)ccc12. The molecule has 0 atom stereocenters. The number of hydrogen-bond acceptors (Lipinski definition) is 3. The van der Waals surface area contributed by atoms with Crippen molar-refractivity contribution < 1.29 is 9.53 Å². The Labute approximate surface area is 154 Å². The Kier molecular flexibility index (Phi) is 7.22. The van der Waals surface area contributed by atoms with Crippen molar-refractivity contribution in [1.29, 1.82) is 0 Å². The molecule has 0 N–H and O–H groups in total. The zero-order valence-electron chi connectivity index (χ0n) is 14.2. The van der Waals surface area contributed by atoms with E-state index in [0.29, 0.717) is 21.6 Å². The molecule has 0 spiro atoms. The summed E-state index contributed by atoms with van der Waals surface area (Å²) in [6.45, 7) is 5.98. The summed E-state index contributed by atoms with van der Waals surface area (Å²) in [7, 11) is 2.03. The minimum atomic E-state index is -0.337. The second-order valence-electron chi connectivity index (χ2n) is 5.71. The summed E-state index contributed by atoms with van der Waals surface area (Å²) in [5, 5.41) is 2.49. The molecule has 2 aromatic rings. The predicted molar refractivity (Wildman–Crippen MR) is 104 cm³/mol. The van der Waals surface area contributed by atoms with E-state index in [1.54, 1.807) is 0 Å². The van der Waals surface area contributed by atoms with Crippen LogP contribution in [0.3, 0.4) is 0 Å². The molecule has 5 heteroatoms. The summed E-state index contributed by atoms with van der Waals surface area (Å²) >= 11 is 5.91. The zero-order chi connectivity index (χ0) is 17.5. The molecule has 2 rings (SSSR count). The molecule has 0 saturated carbocycles. The molecule has 3 nitrogen and oxygen atoms in total. The van der Waals surface area contributed by atoms with Gasteiger partial charge in [-0.05, 0) is 0 Å². The summed E-state index contributed by atoms with van der Waals surface area (Å²) in [5.41, 5.74) is 2.47. The number of benzene rings is 1. The average molecular weight is 408 g/mol. The van der Waals surface area contributed by atoms with E-state index >= 15 is 0 Å². The number of fused-ring (bicyclic) bond motifs is 1. The summed E-state index contributed by atoms with van der Waals surface area (Å²) in [4.78, 5) is 10.9. The van der Waals surface area contributed by atoms with Crippen LogP contribution in [0, 0.1) is 11.6 Å². The van der Waals surface area contributed by atoms with Crippen LogP contribution in [0.15, 0.2) is 36.9 Å². The molecule has 0 saturated heterocycles. The fraction of sp³-hybridized carbons (Fsp3) is 0.368. The van der Waals surface area contributed by atoms with Crippen molar-refractivity contribution in [3.05, 3.63) is 47.1 Å². The van der Waals surface area contributed by atoms with Gasteiger partial charge in [-0.3, -0.25) is 0 Å². The van der Waals surface area contributed by atoms with Crippen molar-refractivity contribution in [1.82, 2.24) is 4.57 Å². The minimum absolute atomic E-state index is 0.337. The van der Waals surface area contributed by atoms with Gasteiger partial charge in [-0.25, -0.2) is 0 Å². The van der Waals surface area contributed by atoms with Gasteiger partial charge in [0.1, 0.15) is 0 Å². The molecular weight excluding hydrogens is 385 g/mol. The van der Waals surface area contributed by atoms with Crippen LogP contribution in [-0.2, 0) is 16.6 Å². The molecule has 1 aromatic carbocycles. The fourth-order valence-corrected chi connectivity index (χ4v) is 5.12. The molecule has 0 fully saturated rings. The average Bonchev–Trinajstić information content (AvgIpc) is 2.57. The molecular formula is C19H23NO2SSe. The molecule has 0 radical (unpaired) electrons. The van der Waals surface area contributed by atoms with E-state index in [1.807, 2.05) is 7.05 Å². The number of carbonyl (C=O) groups is 1. The van der Waals surface area contributed by atoms with E-state index < -0.39 is 0 Å². The number of rotatable bonds is 8. The first-order valence-corrected chi connectivity index (χ1v) is 10.5. The van der Waals surface area contributed by atoms with Crippen molar-refractivity contribution in [3.63, 3.8) is 0 Å². The Morgan fingerprint density at radius 2 is 2.12 bits per heavy atom. The molecule has 0 unspecified atom stereocenters. The van der Waals surface area contributed by atoms with Gasteiger partial charge in [0.25, 0.3) is 0 Å². The van der Waals surface area contributed by atoms with Gasteiger partial charge in [0.05, 0.1) is 0 Å². The summed E-state index contributed by atoms with van der Waals surface area (Å²) in [6, 6.07) is 8.74. The Bertz CT molecular complexity index is 798. The summed E-state index contributed by atoms with van der Waals surface area (Å²) in [5.74, 6) is -0.337. The van der Waals surface area contributed by atoms with Crippen molar-refractivity contribution in [3.8, 4) is 0 Å². The van der Waals surface area contributed by atoms with E-state index in [2.05, 4.69) is 42.3 Å². The van der Waals surface area contributed by atoms with E-state index in [4.69, 9.17) is 17.0 Å². The van der Waals surface area contributed by atoms with Crippen LogP contribution in [0.2, 0.25) is 5.32 Å². The number of aryl methyl sites for hydroxylation is 2. The number of pyridine rings is 1. The Hall–Kier alpha value is -1.42. The number of carbonyl (C=O) groups excluding carboxylic acids is 1. The van der Waals surface area contributed by atoms with Crippen LogP contribution in [-0.4, -0.2) is 32.1 Å². The third kappa shape index (κ3) is 5.04. The molecule has 24 heavy (non-hydrogen) atoms. The van der Waals surface area contributed by atoms with E-state index in [0.717, 1.165) is 23.9 Å². The van der Waals surface area contributed by atoms with E-state index in [9.17, 15) is 4.79 Å². The molecule has 0 aliphatic rings. The third-order valence-electron chi connectivity index (χ3n) is 3.82. The maximum atomic E-state index is 10.9. The second-order valence-corrected chi connectivity index (χ2v) is 8.51. The van der Waals surface area contributed by atoms with Crippen LogP contribution in [0.5, 0.6) is 0 Å². The summed E-state index contributed by atoms with van der Waals surface area (Å²) in [6.07, 6.45) is 4.33. The fourth-order valence-electron chi connectivity index (χ4n) is 2.45. The molecule has 128 valence electrons. The predicted octanol–water partition coefficient (Wildman–Crippen LogP) is 3.86. The number of hydrogen-bond donors (Lipinski definition) is 0. The van der Waals surface area contributed by atoms with Crippen LogP contribution in [0.25, 0.3) is 10.9 Å². The van der Waals surface area contributed by atoms with Gasteiger partial charge < -0.3 is 0 Å². The van der Waals surface area contributed by atoms with Crippen LogP contribution in [0.4, 0.5) is 0 Å². The van der Waals surface area contributed by atoms with Crippen molar-refractivity contribution in [2.75, 3.05) is 6.61 Å². The first-order chi connectivity index (χ1) is 11.5. The molecule has 0 aliphatic heterocycles. The summed E-state index contributed by atoms with van der Waals surface area (Å²) < 4.78 is 9.35. The van der Waals surface area contributed by atoms with Crippen LogP contribution in [0.1, 0.15) is 24.8 Å². The molecule has 0 aliphatic carbocycles. The number of ether oxygens (including phenoxy) is 1. The molecule has 1 aromatic heterocycles. The van der Waals surface area contributed by atoms with Gasteiger partial charge in [-0.15, -0.1) is 0 Å². The van der Waals surface area contributed by atoms with E-state index in [1.165, 1.54) is 32.3 Å². The number of nitrogens with zero attached hydrogens (tertiary/aromatic N) is 1. The van der Waals surface area contributed by atoms with Gasteiger partial charge in [-0.1, -0.05) is 0 Å². The van der Waals surface area contributed by atoms with Gasteiger partial charge in [0.15, 0.2) is 0 Å². The van der Waals surface area contributed by atoms with E-state index in [-0.39, 0.29) is 5.97 Å². The van der Waals surface area contributed by atoms with Gasteiger partial charge in [0.2, 0.25) is 0 Å². The molecule has 1 heterocycles. The monoisotopic (exact) mass is 409 g/mol. The first-order valence-electron chi connectivity index (χ1n) is 8.05. The number of esters is 1. The van der Waals surface area contributed by atoms with Crippen molar-refractivity contribution in [2.24, 2.45) is 7.05 Å². The van der Waals surface area contributed by atoms with Crippen LogP contribution < -0.4 is 4.46 Å². The second kappa shape index (κ2) is 9.16. The Balaban J connectivity index is 1.91. The normalized spacial score (nSPS) is 10.8. The maximum absolute atomic E-state index is 10.9. The van der Waals surface area contributed by atoms with Gasteiger partial charge in [-0.2, -0.15) is 0 Å².